The van der Waals surface area contributed by atoms with Gasteiger partial charge in [-0.25, -0.2) is 9.97 Å². The molecule has 1 aliphatic heterocycles. The number of anilines is 2. The van der Waals surface area contributed by atoms with Gasteiger partial charge in [-0.05, 0) is 51.2 Å². The number of nitrogens with one attached hydrogen (secondary N) is 2. The van der Waals surface area contributed by atoms with Crippen molar-refractivity contribution >= 4 is 45.7 Å². The predicted molar refractivity (Wildman–Crippen MR) is 162 cm³/mol. The zero-order chi connectivity index (χ0) is 28.7. The monoisotopic (exact) mass is 582 g/mol. The highest BCUT2D eigenvalue weighted by molar-refractivity contribution is 8.00. The van der Waals surface area contributed by atoms with Crippen LogP contribution in [0.3, 0.4) is 0 Å². The highest BCUT2D eigenvalue weighted by Gasteiger charge is 2.25. The minimum atomic E-state index is -0.193. The quantitative estimate of drug-likeness (QED) is 0.239. The third kappa shape index (κ3) is 8.67. The first-order chi connectivity index (χ1) is 19.1. The van der Waals surface area contributed by atoms with Crippen LogP contribution in [0.5, 0.6) is 0 Å². The maximum absolute atomic E-state index is 13.2. The summed E-state index contributed by atoms with van der Waals surface area (Å²) < 4.78 is 6.98. The third-order valence-corrected chi connectivity index (χ3v) is 8.40. The fourth-order valence-electron chi connectivity index (χ4n) is 4.14. The van der Waals surface area contributed by atoms with Crippen LogP contribution in [0.25, 0.3) is 0 Å². The summed E-state index contributed by atoms with van der Waals surface area (Å²) >= 11 is 3.26. The molecule has 2 aromatic heterocycles. The molecule has 0 saturated carbocycles. The Morgan fingerprint density at radius 2 is 1.98 bits per heavy atom. The van der Waals surface area contributed by atoms with E-state index < -0.39 is 0 Å². The number of thiazole rings is 1. The van der Waals surface area contributed by atoms with Gasteiger partial charge >= 0.3 is 0 Å². The van der Waals surface area contributed by atoms with E-state index in [1.54, 1.807) is 53.4 Å². The molecular weight excluding hydrogens is 544 g/mol. The molecule has 2 amide bonds. The largest absolute Gasteiger partial charge is 0.444 e. The van der Waals surface area contributed by atoms with Crippen molar-refractivity contribution in [2.75, 3.05) is 44.4 Å². The number of hydrogen-bond donors (Lipinski definition) is 2. The molecule has 1 saturated heterocycles. The van der Waals surface area contributed by atoms with Gasteiger partial charge in [-0.2, -0.15) is 0 Å². The van der Waals surface area contributed by atoms with Crippen LogP contribution in [0.2, 0.25) is 0 Å². The average Bonchev–Trinajstić information content (AvgIpc) is 3.57. The van der Waals surface area contributed by atoms with E-state index in [4.69, 9.17) is 4.42 Å². The number of rotatable bonds is 10. The number of benzene rings is 1. The van der Waals surface area contributed by atoms with Crippen LogP contribution in [0.1, 0.15) is 55.6 Å². The second-order valence-corrected chi connectivity index (χ2v) is 13.4. The number of likely N-dealkylation sites (N-methyl/N-ethyl adjacent to an activating group) is 1. The highest BCUT2D eigenvalue weighted by Crippen LogP contribution is 2.32. The number of hydrogen-bond acceptors (Lipinski definition) is 9. The molecule has 1 aromatic carbocycles. The lowest BCUT2D eigenvalue weighted by molar-refractivity contribution is -0.111. The van der Waals surface area contributed by atoms with E-state index in [9.17, 15) is 9.59 Å². The standard InChI is InChI=1S/C29H38N6O3S2/c1-29(2,3)23-16-30-25(38-23)19-39-26-17-31-28(40-26)33-22-8-6-15-35(18-22)27(37)20-10-12-21(13-11-20)32-24(36)9-7-14-34(4)5/h7,9-13,16-17,22H,6,8,14-15,18-19H2,1-5H3,(H,31,33)(H,32,36)/b9-7+/t22-/m1/s1. The first-order valence-corrected chi connectivity index (χ1v) is 15.2. The Morgan fingerprint density at radius 3 is 2.67 bits per heavy atom. The molecule has 0 unspecified atom stereocenters. The number of piperidine rings is 1. The Kier molecular flexibility index (Phi) is 10.0. The van der Waals surface area contributed by atoms with E-state index in [0.29, 0.717) is 36.0 Å². The SMILES string of the molecule is CN(C)C/C=C/C(=O)Nc1ccc(C(=O)N2CCC[C@@H](Nc3ncc(SCc4ncc(C(C)(C)C)o4)s3)C2)cc1. The Hall–Kier alpha value is -3.15. The minimum absolute atomic E-state index is 0.00814. The van der Waals surface area contributed by atoms with Gasteiger partial charge in [0.25, 0.3) is 5.91 Å². The predicted octanol–water partition coefficient (Wildman–Crippen LogP) is 5.49. The first kappa shape index (κ1) is 29.8. The van der Waals surface area contributed by atoms with Gasteiger partial charge in [0, 0.05) is 48.4 Å². The molecule has 3 aromatic rings. The summed E-state index contributed by atoms with van der Waals surface area (Å²) in [5.74, 6) is 2.05. The molecule has 0 spiro atoms. The fourth-order valence-corrected chi connectivity index (χ4v) is 5.94. The van der Waals surface area contributed by atoms with Crippen molar-refractivity contribution in [3.05, 3.63) is 66.0 Å². The van der Waals surface area contributed by atoms with Crippen LogP contribution in [0.15, 0.2) is 57.4 Å². The fraction of sp³-hybridized carbons (Fsp3) is 0.448. The second kappa shape index (κ2) is 13.5. The van der Waals surface area contributed by atoms with E-state index in [1.165, 1.54) is 6.08 Å². The summed E-state index contributed by atoms with van der Waals surface area (Å²) in [6.07, 6.45) is 8.90. The van der Waals surface area contributed by atoms with Crippen molar-refractivity contribution in [2.45, 2.75) is 55.0 Å². The lowest BCUT2D eigenvalue weighted by atomic mass is 9.94. The number of likely N-dealkylation sites (tertiary alicyclic amines) is 1. The second-order valence-electron chi connectivity index (χ2n) is 11.1. The van der Waals surface area contributed by atoms with Crippen LogP contribution in [-0.4, -0.2) is 71.4 Å². The molecule has 4 rings (SSSR count). The van der Waals surface area contributed by atoms with Crippen LogP contribution in [0, 0.1) is 0 Å². The smallest absolute Gasteiger partial charge is 0.253 e. The molecule has 1 aliphatic rings. The van der Waals surface area contributed by atoms with Gasteiger partial charge in [-0.15, -0.1) is 11.8 Å². The molecule has 1 fully saturated rings. The Balaban J connectivity index is 1.26. The van der Waals surface area contributed by atoms with E-state index in [1.807, 2.05) is 36.3 Å². The third-order valence-electron chi connectivity index (χ3n) is 6.29. The molecule has 0 bridgehead atoms. The van der Waals surface area contributed by atoms with Crippen molar-refractivity contribution in [2.24, 2.45) is 0 Å². The lowest BCUT2D eigenvalue weighted by Gasteiger charge is -2.33. The van der Waals surface area contributed by atoms with Gasteiger partial charge in [0.15, 0.2) is 5.13 Å². The maximum atomic E-state index is 13.2. The van der Waals surface area contributed by atoms with Crippen LogP contribution in [-0.2, 0) is 16.0 Å². The van der Waals surface area contributed by atoms with Gasteiger partial charge < -0.3 is 24.9 Å². The Morgan fingerprint density at radius 1 is 1.20 bits per heavy atom. The number of thioether (sulfide) groups is 1. The molecule has 9 nitrogen and oxygen atoms in total. The molecule has 2 N–H and O–H groups in total. The van der Waals surface area contributed by atoms with Gasteiger partial charge in [0.1, 0.15) is 5.76 Å². The van der Waals surface area contributed by atoms with Gasteiger partial charge in [-0.3, -0.25) is 9.59 Å². The van der Waals surface area contributed by atoms with Crippen molar-refractivity contribution in [3.63, 3.8) is 0 Å². The number of nitrogens with zero attached hydrogens (tertiary/aromatic N) is 4. The van der Waals surface area contributed by atoms with Crippen LogP contribution in [0.4, 0.5) is 10.8 Å². The molecule has 214 valence electrons. The van der Waals surface area contributed by atoms with Gasteiger partial charge in [-0.1, -0.05) is 38.2 Å². The number of amides is 2. The molecule has 1 atom stereocenters. The van der Waals surface area contributed by atoms with Crippen LogP contribution >= 0.6 is 23.1 Å². The number of aromatic nitrogens is 2. The summed E-state index contributed by atoms with van der Waals surface area (Å²) in [7, 11) is 3.88. The topological polar surface area (TPSA) is 104 Å². The zero-order valence-corrected chi connectivity index (χ0v) is 25.4. The molecule has 0 radical (unpaired) electrons. The highest BCUT2D eigenvalue weighted by atomic mass is 32.2. The van der Waals surface area contributed by atoms with Gasteiger partial charge in [0.2, 0.25) is 11.8 Å². The van der Waals surface area contributed by atoms with E-state index in [0.717, 1.165) is 34.5 Å². The number of carbonyl (C=O) groups is 2. The number of oxazole rings is 1. The van der Waals surface area contributed by atoms with Crippen LogP contribution < -0.4 is 10.6 Å². The van der Waals surface area contributed by atoms with Crippen molar-refractivity contribution < 1.29 is 14.0 Å². The molecular formula is C29H38N6O3S2. The molecule has 0 aliphatic carbocycles. The summed E-state index contributed by atoms with van der Waals surface area (Å²) in [6, 6.07) is 7.20. The minimum Gasteiger partial charge on any atom is -0.444 e. The molecule has 40 heavy (non-hydrogen) atoms. The summed E-state index contributed by atoms with van der Waals surface area (Å²) in [5, 5.41) is 7.20. The Bertz CT molecular complexity index is 1310. The molecule has 3 heterocycles. The summed E-state index contributed by atoms with van der Waals surface area (Å²) in [5.41, 5.74) is 1.21. The number of carbonyl (C=O) groups excluding carboxylic acids is 2. The average molecular weight is 583 g/mol. The summed E-state index contributed by atoms with van der Waals surface area (Å²) in [4.78, 5) is 38.1. The lowest BCUT2D eigenvalue weighted by Crippen LogP contribution is -2.45. The summed E-state index contributed by atoms with van der Waals surface area (Å²) in [6.45, 7) is 8.35. The van der Waals surface area contributed by atoms with E-state index in [-0.39, 0.29) is 23.3 Å². The van der Waals surface area contributed by atoms with Crippen molar-refractivity contribution in [3.8, 4) is 0 Å². The zero-order valence-electron chi connectivity index (χ0n) is 23.8. The van der Waals surface area contributed by atoms with Gasteiger partial charge in [0.05, 0.1) is 22.4 Å². The van der Waals surface area contributed by atoms with E-state index in [2.05, 4.69) is 41.4 Å². The van der Waals surface area contributed by atoms with Crippen molar-refractivity contribution in [1.29, 1.82) is 0 Å². The van der Waals surface area contributed by atoms with E-state index >= 15 is 0 Å². The van der Waals surface area contributed by atoms with Crippen molar-refractivity contribution in [1.82, 2.24) is 19.8 Å². The Labute approximate surface area is 244 Å². The first-order valence-electron chi connectivity index (χ1n) is 13.4. The normalized spacial score (nSPS) is 16.1. The maximum Gasteiger partial charge on any atom is 0.253 e. The molecule has 11 heteroatoms.